The number of hydrogen-bond acceptors (Lipinski definition) is 4. The number of aromatic nitrogens is 1. The van der Waals surface area contributed by atoms with Crippen molar-refractivity contribution in [2.24, 2.45) is 0 Å². The first-order chi connectivity index (χ1) is 9.33. The molecule has 1 N–H and O–H groups in total. The molecule has 0 saturated carbocycles. The SMILES string of the molecule is COc1cc(/C=C/CO)ccc1Oc1cccnc1. The van der Waals surface area contributed by atoms with Gasteiger partial charge in [0.15, 0.2) is 11.5 Å². The molecule has 1 aromatic heterocycles. The van der Waals surface area contributed by atoms with Gasteiger partial charge < -0.3 is 14.6 Å². The van der Waals surface area contributed by atoms with E-state index in [1.165, 1.54) is 0 Å². The van der Waals surface area contributed by atoms with Crippen LogP contribution in [0.2, 0.25) is 0 Å². The van der Waals surface area contributed by atoms with E-state index in [0.717, 1.165) is 5.56 Å². The number of methoxy groups -OCH3 is 1. The van der Waals surface area contributed by atoms with Gasteiger partial charge in [-0.05, 0) is 29.8 Å². The molecule has 2 rings (SSSR count). The molecule has 0 atom stereocenters. The van der Waals surface area contributed by atoms with Gasteiger partial charge in [0.25, 0.3) is 0 Å². The van der Waals surface area contributed by atoms with Crippen molar-refractivity contribution < 1.29 is 14.6 Å². The van der Waals surface area contributed by atoms with E-state index in [-0.39, 0.29) is 6.61 Å². The third kappa shape index (κ3) is 3.56. The highest BCUT2D eigenvalue weighted by atomic mass is 16.5. The Morgan fingerprint density at radius 1 is 1.26 bits per heavy atom. The van der Waals surface area contributed by atoms with Crippen molar-refractivity contribution in [2.75, 3.05) is 13.7 Å². The van der Waals surface area contributed by atoms with Crippen molar-refractivity contribution in [3.63, 3.8) is 0 Å². The lowest BCUT2D eigenvalue weighted by Crippen LogP contribution is -1.91. The Bertz CT molecular complexity index is 553. The number of hydrogen-bond donors (Lipinski definition) is 1. The van der Waals surface area contributed by atoms with Crippen LogP contribution in [0.25, 0.3) is 6.08 Å². The number of nitrogens with zero attached hydrogens (tertiary/aromatic N) is 1. The molecule has 1 aromatic carbocycles. The van der Waals surface area contributed by atoms with Crippen molar-refractivity contribution in [1.82, 2.24) is 4.98 Å². The zero-order chi connectivity index (χ0) is 13.5. The number of pyridine rings is 1. The largest absolute Gasteiger partial charge is 0.493 e. The minimum absolute atomic E-state index is 0.0102. The summed E-state index contributed by atoms with van der Waals surface area (Å²) in [5.74, 6) is 1.90. The van der Waals surface area contributed by atoms with Crippen LogP contribution in [0.3, 0.4) is 0 Å². The highest BCUT2D eigenvalue weighted by Gasteiger charge is 2.06. The molecule has 0 unspecified atom stereocenters. The van der Waals surface area contributed by atoms with Gasteiger partial charge in [-0.3, -0.25) is 4.98 Å². The molecule has 0 radical (unpaired) electrons. The van der Waals surface area contributed by atoms with Crippen LogP contribution < -0.4 is 9.47 Å². The Labute approximate surface area is 111 Å². The van der Waals surface area contributed by atoms with E-state index in [1.54, 1.807) is 31.6 Å². The maximum atomic E-state index is 8.75. The summed E-state index contributed by atoms with van der Waals surface area (Å²) in [5.41, 5.74) is 0.935. The molecule has 0 fully saturated rings. The Morgan fingerprint density at radius 2 is 2.16 bits per heavy atom. The average Bonchev–Trinajstić information content (AvgIpc) is 2.47. The maximum absolute atomic E-state index is 8.75. The minimum atomic E-state index is 0.0102. The lowest BCUT2D eigenvalue weighted by molar-refractivity contribution is 0.343. The quantitative estimate of drug-likeness (QED) is 0.894. The van der Waals surface area contributed by atoms with Gasteiger partial charge in [-0.2, -0.15) is 0 Å². The van der Waals surface area contributed by atoms with Gasteiger partial charge in [-0.25, -0.2) is 0 Å². The normalized spacial score (nSPS) is 10.6. The highest BCUT2D eigenvalue weighted by Crippen LogP contribution is 2.32. The zero-order valence-corrected chi connectivity index (χ0v) is 10.6. The van der Waals surface area contributed by atoms with Crippen molar-refractivity contribution in [2.45, 2.75) is 0 Å². The summed E-state index contributed by atoms with van der Waals surface area (Å²) in [6.07, 6.45) is 6.80. The zero-order valence-electron chi connectivity index (χ0n) is 10.6. The first-order valence-corrected chi connectivity index (χ1v) is 5.87. The van der Waals surface area contributed by atoms with E-state index in [4.69, 9.17) is 14.6 Å². The summed E-state index contributed by atoms with van der Waals surface area (Å²) in [6.45, 7) is 0.0102. The molecule has 2 aromatic rings. The van der Waals surface area contributed by atoms with Crippen LogP contribution >= 0.6 is 0 Å². The predicted molar refractivity (Wildman–Crippen MR) is 73.4 cm³/mol. The molecule has 0 aliphatic carbocycles. The van der Waals surface area contributed by atoms with Crippen molar-refractivity contribution in [3.8, 4) is 17.2 Å². The number of ether oxygens (including phenoxy) is 2. The van der Waals surface area contributed by atoms with E-state index in [9.17, 15) is 0 Å². The monoisotopic (exact) mass is 257 g/mol. The first kappa shape index (κ1) is 13.1. The molecule has 0 saturated heterocycles. The van der Waals surface area contributed by atoms with Crippen LogP contribution in [0.15, 0.2) is 48.8 Å². The molecule has 19 heavy (non-hydrogen) atoms. The maximum Gasteiger partial charge on any atom is 0.169 e. The smallest absolute Gasteiger partial charge is 0.169 e. The molecule has 0 aliphatic heterocycles. The average molecular weight is 257 g/mol. The lowest BCUT2D eigenvalue weighted by Gasteiger charge is -2.10. The van der Waals surface area contributed by atoms with Crippen LogP contribution in [0, 0.1) is 0 Å². The van der Waals surface area contributed by atoms with Gasteiger partial charge in [0.2, 0.25) is 0 Å². The summed E-state index contributed by atoms with van der Waals surface area (Å²) in [7, 11) is 1.59. The molecule has 0 spiro atoms. The Kier molecular flexibility index (Phi) is 4.53. The summed E-state index contributed by atoms with van der Waals surface area (Å²) in [4.78, 5) is 3.99. The van der Waals surface area contributed by atoms with Crippen LogP contribution in [0.1, 0.15) is 5.56 Å². The fourth-order valence-corrected chi connectivity index (χ4v) is 1.60. The van der Waals surface area contributed by atoms with Crippen molar-refractivity contribution in [1.29, 1.82) is 0 Å². The van der Waals surface area contributed by atoms with E-state index < -0.39 is 0 Å². The van der Waals surface area contributed by atoms with E-state index in [0.29, 0.717) is 17.2 Å². The minimum Gasteiger partial charge on any atom is -0.493 e. The molecule has 0 bridgehead atoms. The molecule has 4 nitrogen and oxygen atoms in total. The Morgan fingerprint density at radius 3 is 2.84 bits per heavy atom. The molecule has 0 aliphatic rings. The number of aliphatic hydroxyl groups excluding tert-OH is 1. The second-order valence-corrected chi connectivity index (χ2v) is 3.79. The van der Waals surface area contributed by atoms with Gasteiger partial charge >= 0.3 is 0 Å². The van der Waals surface area contributed by atoms with Gasteiger partial charge in [-0.15, -0.1) is 0 Å². The molecule has 1 heterocycles. The summed E-state index contributed by atoms with van der Waals surface area (Å²) >= 11 is 0. The lowest BCUT2D eigenvalue weighted by atomic mass is 10.2. The van der Waals surface area contributed by atoms with Gasteiger partial charge in [-0.1, -0.05) is 18.2 Å². The van der Waals surface area contributed by atoms with Crippen LogP contribution in [-0.2, 0) is 0 Å². The fourth-order valence-electron chi connectivity index (χ4n) is 1.60. The van der Waals surface area contributed by atoms with Crippen molar-refractivity contribution in [3.05, 3.63) is 54.4 Å². The number of benzene rings is 1. The van der Waals surface area contributed by atoms with Crippen LogP contribution in [0.4, 0.5) is 0 Å². The summed E-state index contributed by atoms with van der Waals surface area (Å²) < 4.78 is 11.0. The Balaban J connectivity index is 2.23. The molecular formula is C15H15NO3. The third-order valence-corrected chi connectivity index (χ3v) is 2.47. The predicted octanol–water partition coefficient (Wildman–Crippen LogP) is 2.89. The van der Waals surface area contributed by atoms with Gasteiger partial charge in [0, 0.05) is 6.20 Å². The van der Waals surface area contributed by atoms with E-state index in [2.05, 4.69) is 4.98 Å². The van der Waals surface area contributed by atoms with Crippen LogP contribution in [0.5, 0.6) is 17.2 Å². The third-order valence-electron chi connectivity index (χ3n) is 2.47. The number of rotatable bonds is 5. The van der Waals surface area contributed by atoms with E-state index in [1.807, 2.05) is 30.3 Å². The molecule has 98 valence electrons. The molecular weight excluding hydrogens is 242 g/mol. The second-order valence-electron chi connectivity index (χ2n) is 3.79. The molecule has 0 amide bonds. The topological polar surface area (TPSA) is 51.6 Å². The summed E-state index contributed by atoms with van der Waals surface area (Å²) in [5, 5.41) is 8.75. The van der Waals surface area contributed by atoms with Gasteiger partial charge in [0.1, 0.15) is 5.75 Å². The number of aliphatic hydroxyl groups is 1. The fraction of sp³-hybridized carbons (Fsp3) is 0.133. The summed E-state index contributed by atoms with van der Waals surface area (Å²) in [6, 6.07) is 9.19. The molecule has 4 heteroatoms. The Hall–Kier alpha value is -2.33. The van der Waals surface area contributed by atoms with Crippen LogP contribution in [-0.4, -0.2) is 23.8 Å². The standard InChI is InChI=1S/C15H15NO3/c1-18-15-10-12(4-3-9-17)6-7-14(15)19-13-5-2-8-16-11-13/h2-8,10-11,17H,9H2,1H3/b4-3+. The van der Waals surface area contributed by atoms with Gasteiger partial charge in [0.05, 0.1) is 19.9 Å². The first-order valence-electron chi connectivity index (χ1n) is 5.87. The highest BCUT2D eigenvalue weighted by molar-refractivity contribution is 5.56. The van der Waals surface area contributed by atoms with E-state index >= 15 is 0 Å². The van der Waals surface area contributed by atoms with Crippen molar-refractivity contribution >= 4 is 6.08 Å². The second kappa shape index (κ2) is 6.56.